The highest BCUT2D eigenvalue weighted by molar-refractivity contribution is 9.10. The van der Waals surface area contributed by atoms with Crippen LogP contribution in [0.1, 0.15) is 56.3 Å². The second kappa shape index (κ2) is 10.1. The highest BCUT2D eigenvalue weighted by Crippen LogP contribution is 2.34. The maximum atomic E-state index is 11.8. The monoisotopic (exact) mass is 446 g/mol. The summed E-state index contributed by atoms with van der Waals surface area (Å²) in [6, 6.07) is 15.7. The van der Waals surface area contributed by atoms with E-state index in [1.807, 2.05) is 55.5 Å². The van der Waals surface area contributed by atoms with E-state index in [1.165, 1.54) is 6.42 Å². The van der Waals surface area contributed by atoms with Gasteiger partial charge in [0.25, 0.3) is 0 Å². The number of hydrogen-bond donors (Lipinski definition) is 1. The minimum atomic E-state index is -0.869. The minimum absolute atomic E-state index is 0.0880. The van der Waals surface area contributed by atoms with Gasteiger partial charge >= 0.3 is 5.97 Å². The van der Waals surface area contributed by atoms with Gasteiger partial charge in [-0.1, -0.05) is 65.5 Å². The van der Waals surface area contributed by atoms with Crippen molar-refractivity contribution in [2.75, 3.05) is 0 Å². The number of hydrogen-bond acceptors (Lipinski definition) is 3. The number of aliphatic carboxylic acids is 1. The van der Waals surface area contributed by atoms with Crippen LogP contribution in [0, 0.1) is 5.92 Å². The standard InChI is InChI=1S/C23H27BrO4/c1-16(28-22(23(25)26)18-10-6-3-7-11-18)20-14-19(12-13-21(20)24)27-15-17-8-4-2-5-9-17/h2,4-5,8-9,12-14,16,18,22H,3,6-7,10-11,15H2,1H3,(H,25,26). The Morgan fingerprint density at radius 2 is 1.86 bits per heavy atom. The predicted octanol–water partition coefficient (Wildman–Crippen LogP) is 6.14. The van der Waals surface area contributed by atoms with E-state index in [0.29, 0.717) is 6.61 Å². The highest BCUT2D eigenvalue weighted by Gasteiger charge is 2.32. The molecular weight excluding hydrogens is 420 g/mol. The predicted molar refractivity (Wildman–Crippen MR) is 112 cm³/mol. The van der Waals surface area contributed by atoms with E-state index < -0.39 is 12.1 Å². The Morgan fingerprint density at radius 3 is 2.54 bits per heavy atom. The lowest BCUT2D eigenvalue weighted by molar-refractivity contribution is -0.160. The van der Waals surface area contributed by atoms with Crippen molar-refractivity contribution < 1.29 is 19.4 Å². The summed E-state index contributed by atoms with van der Waals surface area (Å²) in [6.45, 7) is 2.39. The average Bonchev–Trinajstić information content (AvgIpc) is 2.72. The first-order chi connectivity index (χ1) is 13.5. The van der Waals surface area contributed by atoms with Crippen LogP contribution in [0.25, 0.3) is 0 Å². The smallest absolute Gasteiger partial charge is 0.333 e. The summed E-state index contributed by atoms with van der Waals surface area (Å²) in [6.07, 6.45) is 4.08. The molecule has 1 fully saturated rings. The molecule has 150 valence electrons. The largest absolute Gasteiger partial charge is 0.489 e. The molecule has 1 N–H and O–H groups in total. The second-order valence-corrected chi connectivity index (χ2v) is 8.25. The van der Waals surface area contributed by atoms with Crippen LogP contribution in [-0.4, -0.2) is 17.2 Å². The fourth-order valence-corrected chi connectivity index (χ4v) is 4.33. The molecule has 1 aliphatic rings. The minimum Gasteiger partial charge on any atom is -0.489 e. The van der Waals surface area contributed by atoms with Crippen molar-refractivity contribution in [1.82, 2.24) is 0 Å². The van der Waals surface area contributed by atoms with Crippen LogP contribution < -0.4 is 4.74 Å². The lowest BCUT2D eigenvalue weighted by Gasteiger charge is -2.30. The van der Waals surface area contributed by atoms with Crippen molar-refractivity contribution in [2.45, 2.75) is 57.8 Å². The van der Waals surface area contributed by atoms with Crippen LogP contribution in [0.5, 0.6) is 5.75 Å². The van der Waals surface area contributed by atoms with Gasteiger partial charge in [-0.15, -0.1) is 0 Å². The Bertz CT molecular complexity index is 771. The van der Waals surface area contributed by atoms with Crippen molar-refractivity contribution in [1.29, 1.82) is 0 Å². The third kappa shape index (κ3) is 5.58. The van der Waals surface area contributed by atoms with Gasteiger partial charge in [-0.2, -0.15) is 0 Å². The summed E-state index contributed by atoms with van der Waals surface area (Å²) in [4.78, 5) is 11.8. The van der Waals surface area contributed by atoms with Crippen molar-refractivity contribution in [3.05, 3.63) is 64.1 Å². The average molecular weight is 447 g/mol. The van der Waals surface area contributed by atoms with E-state index in [2.05, 4.69) is 15.9 Å². The van der Waals surface area contributed by atoms with E-state index >= 15 is 0 Å². The fourth-order valence-electron chi connectivity index (χ4n) is 3.77. The number of rotatable bonds is 8. The number of carbonyl (C=O) groups is 1. The number of benzene rings is 2. The van der Waals surface area contributed by atoms with Crippen molar-refractivity contribution >= 4 is 21.9 Å². The molecule has 3 rings (SSSR count). The van der Waals surface area contributed by atoms with Crippen LogP contribution in [0.2, 0.25) is 0 Å². The molecule has 0 saturated heterocycles. The Balaban J connectivity index is 1.69. The van der Waals surface area contributed by atoms with Crippen molar-refractivity contribution in [3.8, 4) is 5.75 Å². The molecule has 2 atom stereocenters. The molecule has 28 heavy (non-hydrogen) atoms. The molecule has 2 aromatic rings. The maximum Gasteiger partial charge on any atom is 0.333 e. The topological polar surface area (TPSA) is 55.8 Å². The van der Waals surface area contributed by atoms with Crippen molar-refractivity contribution in [2.24, 2.45) is 5.92 Å². The summed E-state index contributed by atoms with van der Waals surface area (Å²) in [5.41, 5.74) is 1.99. The molecule has 0 bridgehead atoms. The Kier molecular flexibility index (Phi) is 7.51. The second-order valence-electron chi connectivity index (χ2n) is 7.39. The van der Waals surface area contributed by atoms with Crippen LogP contribution in [0.15, 0.2) is 53.0 Å². The lowest BCUT2D eigenvalue weighted by Crippen LogP contribution is -2.34. The van der Waals surface area contributed by atoms with E-state index in [0.717, 1.165) is 47.0 Å². The van der Waals surface area contributed by atoms with Gasteiger partial charge in [-0.05, 0) is 55.0 Å². The Labute approximate surface area is 175 Å². The molecule has 4 nitrogen and oxygen atoms in total. The van der Waals surface area contributed by atoms with E-state index in [1.54, 1.807) is 0 Å². The van der Waals surface area contributed by atoms with Gasteiger partial charge in [0.05, 0.1) is 6.10 Å². The first-order valence-corrected chi connectivity index (χ1v) is 10.7. The number of carboxylic acids is 1. The first kappa shape index (κ1) is 20.9. The maximum absolute atomic E-state index is 11.8. The Morgan fingerprint density at radius 1 is 1.14 bits per heavy atom. The normalized spacial score (nSPS) is 17.1. The molecule has 2 unspecified atom stereocenters. The molecular formula is C23H27BrO4. The summed E-state index contributed by atoms with van der Waals surface area (Å²) >= 11 is 3.57. The molecule has 1 saturated carbocycles. The number of ether oxygens (including phenoxy) is 2. The van der Waals surface area contributed by atoms with E-state index in [4.69, 9.17) is 9.47 Å². The SMILES string of the molecule is CC(OC(C(=O)O)C1CCCCC1)c1cc(OCc2ccccc2)ccc1Br. The fraction of sp³-hybridized carbons (Fsp3) is 0.435. The molecule has 1 aliphatic carbocycles. The van der Waals surface area contributed by atoms with Gasteiger partial charge in [0.1, 0.15) is 12.4 Å². The van der Waals surface area contributed by atoms with Gasteiger partial charge < -0.3 is 14.6 Å². The van der Waals surface area contributed by atoms with Gasteiger partial charge in [-0.25, -0.2) is 4.79 Å². The molecule has 0 heterocycles. The molecule has 0 aromatic heterocycles. The summed E-state index contributed by atoms with van der Waals surface area (Å²) in [7, 11) is 0. The van der Waals surface area contributed by atoms with Crippen LogP contribution in [0.3, 0.4) is 0 Å². The lowest BCUT2D eigenvalue weighted by atomic mass is 9.85. The third-order valence-corrected chi connectivity index (χ3v) is 6.05. The molecule has 2 aromatic carbocycles. The summed E-state index contributed by atoms with van der Waals surface area (Å²) in [5, 5.41) is 9.69. The van der Waals surface area contributed by atoms with Crippen LogP contribution in [0.4, 0.5) is 0 Å². The van der Waals surface area contributed by atoms with Gasteiger partial charge in [-0.3, -0.25) is 0 Å². The zero-order chi connectivity index (χ0) is 19.9. The van der Waals surface area contributed by atoms with E-state index in [9.17, 15) is 9.90 Å². The van der Waals surface area contributed by atoms with Gasteiger partial charge in [0.2, 0.25) is 0 Å². The van der Waals surface area contributed by atoms with Crippen LogP contribution in [-0.2, 0) is 16.1 Å². The first-order valence-electron chi connectivity index (χ1n) is 9.89. The molecule has 0 amide bonds. The van der Waals surface area contributed by atoms with Gasteiger partial charge in [0, 0.05) is 4.47 Å². The van der Waals surface area contributed by atoms with Crippen molar-refractivity contribution in [3.63, 3.8) is 0 Å². The highest BCUT2D eigenvalue weighted by atomic mass is 79.9. The summed E-state index contributed by atoms with van der Waals surface area (Å²) in [5.74, 6) is -0.0432. The molecule has 5 heteroatoms. The molecule has 0 spiro atoms. The number of halogens is 1. The van der Waals surface area contributed by atoms with Crippen LogP contribution >= 0.6 is 15.9 Å². The summed E-state index contributed by atoms with van der Waals surface area (Å²) < 4.78 is 12.9. The number of carboxylic acid groups (broad SMARTS) is 1. The molecule has 0 aliphatic heterocycles. The zero-order valence-electron chi connectivity index (χ0n) is 16.1. The van der Waals surface area contributed by atoms with Gasteiger partial charge in [0.15, 0.2) is 6.10 Å². The zero-order valence-corrected chi connectivity index (χ0v) is 17.7. The molecule has 0 radical (unpaired) electrons. The third-order valence-electron chi connectivity index (χ3n) is 5.33. The van der Waals surface area contributed by atoms with E-state index in [-0.39, 0.29) is 12.0 Å². The Hall–Kier alpha value is -1.85. The quantitative estimate of drug-likeness (QED) is 0.528.